The van der Waals surface area contributed by atoms with Crippen molar-refractivity contribution in [2.24, 2.45) is 5.41 Å². The summed E-state index contributed by atoms with van der Waals surface area (Å²) in [6, 6.07) is 5.85. The first kappa shape index (κ1) is 16.2. The number of aliphatic carboxylic acids is 1. The minimum Gasteiger partial charge on any atom is -0.481 e. The fourth-order valence-corrected chi connectivity index (χ4v) is 2.67. The average molecular weight is 331 g/mol. The third-order valence-corrected chi connectivity index (χ3v) is 4.41. The largest absolute Gasteiger partial charge is 0.481 e. The maximum absolute atomic E-state index is 13.1. The Bertz CT molecular complexity index is 779. The number of carboxylic acid groups (broad SMARTS) is 1. The van der Waals surface area contributed by atoms with Gasteiger partial charge in [-0.2, -0.15) is 5.10 Å². The summed E-state index contributed by atoms with van der Waals surface area (Å²) in [4.78, 5) is 23.6. The highest BCUT2D eigenvalue weighted by atomic mass is 19.1. The molecule has 1 amide bonds. The number of hydrogen-bond donors (Lipinski definition) is 2. The molecule has 0 aliphatic heterocycles. The number of nitrogens with one attached hydrogen (secondary N) is 1. The molecule has 24 heavy (non-hydrogen) atoms. The van der Waals surface area contributed by atoms with E-state index in [2.05, 4.69) is 10.4 Å². The molecule has 0 unspecified atom stereocenters. The van der Waals surface area contributed by atoms with E-state index in [0.29, 0.717) is 36.2 Å². The number of halogens is 1. The van der Waals surface area contributed by atoms with Gasteiger partial charge in [-0.25, -0.2) is 9.07 Å². The van der Waals surface area contributed by atoms with E-state index in [4.69, 9.17) is 5.11 Å². The molecule has 0 spiro atoms. The van der Waals surface area contributed by atoms with Gasteiger partial charge < -0.3 is 10.4 Å². The highest BCUT2D eigenvalue weighted by Crippen LogP contribution is 2.45. The topological polar surface area (TPSA) is 84.2 Å². The first-order valence-electron chi connectivity index (χ1n) is 7.81. The van der Waals surface area contributed by atoms with Crippen molar-refractivity contribution in [1.82, 2.24) is 15.1 Å². The number of carboxylic acids is 1. The van der Waals surface area contributed by atoms with Crippen molar-refractivity contribution in [1.29, 1.82) is 0 Å². The molecule has 3 rings (SSSR count). The molecule has 6 nitrogen and oxygen atoms in total. The number of amides is 1. The van der Waals surface area contributed by atoms with Gasteiger partial charge in [0.1, 0.15) is 5.82 Å². The molecule has 126 valence electrons. The molecule has 0 radical (unpaired) electrons. The Morgan fingerprint density at radius 3 is 2.54 bits per heavy atom. The summed E-state index contributed by atoms with van der Waals surface area (Å²) in [7, 11) is 0. The van der Waals surface area contributed by atoms with Gasteiger partial charge in [-0.05, 0) is 43.5 Å². The first-order valence-corrected chi connectivity index (χ1v) is 7.81. The van der Waals surface area contributed by atoms with Crippen molar-refractivity contribution in [2.45, 2.75) is 26.2 Å². The fraction of sp³-hybridized carbons (Fsp3) is 0.353. The van der Waals surface area contributed by atoms with Gasteiger partial charge in [0.25, 0.3) is 5.91 Å². The molecule has 2 aromatic rings. The monoisotopic (exact) mass is 331 g/mol. The summed E-state index contributed by atoms with van der Waals surface area (Å²) in [5.41, 5.74) is 0.952. The average Bonchev–Trinajstić information content (AvgIpc) is 3.25. The zero-order valence-electron chi connectivity index (χ0n) is 13.3. The Kier molecular flexibility index (Phi) is 4.09. The molecule has 1 aliphatic rings. The van der Waals surface area contributed by atoms with Gasteiger partial charge in [0.05, 0.1) is 28.6 Å². The van der Waals surface area contributed by atoms with E-state index < -0.39 is 11.4 Å². The molecule has 7 heteroatoms. The van der Waals surface area contributed by atoms with Crippen LogP contribution >= 0.6 is 0 Å². The highest BCUT2D eigenvalue weighted by molar-refractivity contribution is 5.95. The number of nitrogens with zero attached hydrogens (tertiary/aromatic N) is 2. The second-order valence-corrected chi connectivity index (χ2v) is 6.01. The van der Waals surface area contributed by atoms with E-state index in [1.165, 1.54) is 18.3 Å². The van der Waals surface area contributed by atoms with Crippen LogP contribution in [0.3, 0.4) is 0 Å². The van der Waals surface area contributed by atoms with E-state index >= 15 is 0 Å². The summed E-state index contributed by atoms with van der Waals surface area (Å²) in [6.45, 7) is 2.01. The molecular weight excluding hydrogens is 313 g/mol. The van der Waals surface area contributed by atoms with Crippen LogP contribution in [0.5, 0.6) is 0 Å². The Balaban J connectivity index is 1.80. The molecule has 0 atom stereocenters. The molecule has 1 aliphatic carbocycles. The van der Waals surface area contributed by atoms with Crippen LogP contribution in [0.15, 0.2) is 30.5 Å². The lowest BCUT2D eigenvalue weighted by Crippen LogP contribution is -2.34. The minimum absolute atomic E-state index is 0.117. The fourth-order valence-electron chi connectivity index (χ4n) is 2.67. The van der Waals surface area contributed by atoms with E-state index in [1.54, 1.807) is 16.8 Å². The lowest BCUT2D eigenvalue weighted by Gasteiger charge is -2.12. The zero-order chi connectivity index (χ0) is 17.3. The molecule has 2 N–H and O–H groups in total. The lowest BCUT2D eigenvalue weighted by atomic mass is 10.1. The summed E-state index contributed by atoms with van der Waals surface area (Å²) in [5, 5.41) is 16.1. The van der Waals surface area contributed by atoms with Crippen molar-refractivity contribution >= 4 is 11.9 Å². The summed E-state index contributed by atoms with van der Waals surface area (Å²) < 4.78 is 14.7. The summed E-state index contributed by atoms with van der Waals surface area (Å²) in [6.07, 6.45) is 3.18. The SMILES string of the molecule is CCc1c(C(=O)NCC2(C(=O)O)CC2)cnn1-c1ccc(F)cc1. The molecule has 1 saturated carbocycles. The molecule has 1 aromatic carbocycles. The number of carbonyl (C=O) groups is 2. The molecular formula is C17H18FN3O3. The van der Waals surface area contributed by atoms with E-state index in [9.17, 15) is 14.0 Å². The Morgan fingerprint density at radius 2 is 2.00 bits per heavy atom. The van der Waals surface area contributed by atoms with Gasteiger partial charge in [0.2, 0.25) is 0 Å². The van der Waals surface area contributed by atoms with Crippen LogP contribution in [0.1, 0.15) is 35.8 Å². The van der Waals surface area contributed by atoms with Gasteiger partial charge >= 0.3 is 5.97 Å². The third-order valence-electron chi connectivity index (χ3n) is 4.41. The van der Waals surface area contributed by atoms with Crippen molar-refractivity contribution in [2.75, 3.05) is 6.54 Å². The predicted octanol–water partition coefficient (Wildman–Crippen LogP) is 2.17. The van der Waals surface area contributed by atoms with Crippen LogP contribution < -0.4 is 5.32 Å². The van der Waals surface area contributed by atoms with Crippen molar-refractivity contribution in [3.63, 3.8) is 0 Å². The molecule has 1 aromatic heterocycles. The van der Waals surface area contributed by atoms with Crippen LogP contribution in [0.25, 0.3) is 5.69 Å². The Labute approximate surface area is 138 Å². The predicted molar refractivity (Wildman–Crippen MR) is 84.5 cm³/mol. The van der Waals surface area contributed by atoms with Crippen molar-refractivity contribution < 1.29 is 19.1 Å². The van der Waals surface area contributed by atoms with Crippen LogP contribution in [0, 0.1) is 11.2 Å². The van der Waals surface area contributed by atoms with Gasteiger partial charge in [0, 0.05) is 6.54 Å². The molecule has 0 saturated heterocycles. The Hall–Kier alpha value is -2.70. The van der Waals surface area contributed by atoms with Gasteiger partial charge in [-0.1, -0.05) is 6.92 Å². The van der Waals surface area contributed by atoms with Crippen LogP contribution in [0.4, 0.5) is 4.39 Å². The normalized spacial score (nSPS) is 15.1. The smallest absolute Gasteiger partial charge is 0.311 e. The number of benzene rings is 1. The first-order chi connectivity index (χ1) is 11.5. The molecule has 1 fully saturated rings. The number of hydrogen-bond acceptors (Lipinski definition) is 3. The highest BCUT2D eigenvalue weighted by Gasteiger charge is 2.50. The second-order valence-electron chi connectivity index (χ2n) is 6.01. The summed E-state index contributed by atoms with van der Waals surface area (Å²) in [5.74, 6) is -1.56. The number of aromatic nitrogens is 2. The standard InChI is InChI=1S/C17H18FN3O3/c1-2-14-13(15(22)19-10-17(7-8-17)16(23)24)9-20-21(14)12-5-3-11(18)4-6-12/h3-6,9H,2,7-8,10H2,1H3,(H,19,22)(H,23,24). The Morgan fingerprint density at radius 1 is 1.33 bits per heavy atom. The second kappa shape index (κ2) is 6.07. The maximum atomic E-state index is 13.1. The number of carbonyl (C=O) groups excluding carboxylic acids is 1. The quantitative estimate of drug-likeness (QED) is 0.849. The van der Waals surface area contributed by atoms with Gasteiger partial charge in [-0.3, -0.25) is 9.59 Å². The summed E-state index contributed by atoms with van der Waals surface area (Å²) >= 11 is 0. The van der Waals surface area contributed by atoms with Crippen LogP contribution in [-0.4, -0.2) is 33.3 Å². The van der Waals surface area contributed by atoms with E-state index in [-0.39, 0.29) is 18.3 Å². The molecule has 0 bridgehead atoms. The van der Waals surface area contributed by atoms with Crippen LogP contribution in [-0.2, 0) is 11.2 Å². The van der Waals surface area contributed by atoms with E-state index in [0.717, 1.165) is 0 Å². The van der Waals surface area contributed by atoms with Crippen molar-refractivity contribution in [3.05, 3.63) is 47.5 Å². The molecule has 1 heterocycles. The zero-order valence-corrected chi connectivity index (χ0v) is 13.3. The maximum Gasteiger partial charge on any atom is 0.311 e. The minimum atomic E-state index is -0.875. The van der Waals surface area contributed by atoms with Gasteiger partial charge in [-0.15, -0.1) is 0 Å². The lowest BCUT2D eigenvalue weighted by molar-refractivity contribution is -0.143. The van der Waals surface area contributed by atoms with Crippen LogP contribution in [0.2, 0.25) is 0 Å². The van der Waals surface area contributed by atoms with Crippen molar-refractivity contribution in [3.8, 4) is 5.69 Å². The number of rotatable bonds is 6. The van der Waals surface area contributed by atoms with E-state index in [1.807, 2.05) is 6.92 Å². The third kappa shape index (κ3) is 2.89. The van der Waals surface area contributed by atoms with Gasteiger partial charge in [0.15, 0.2) is 0 Å².